The van der Waals surface area contributed by atoms with E-state index in [1.807, 2.05) is 0 Å². The molecule has 2 aromatic rings. The van der Waals surface area contributed by atoms with Crippen LogP contribution in [0.5, 0.6) is 11.5 Å². The first-order chi connectivity index (χ1) is 9.56. The average Bonchev–Trinajstić information content (AvgIpc) is 2.48. The van der Waals surface area contributed by atoms with Crippen LogP contribution in [-0.2, 0) is 0 Å². The van der Waals surface area contributed by atoms with Crippen molar-refractivity contribution in [3.63, 3.8) is 0 Å². The Morgan fingerprint density at radius 1 is 0.950 bits per heavy atom. The minimum atomic E-state index is -0.888. The lowest BCUT2D eigenvalue weighted by Crippen LogP contribution is -2.02. The van der Waals surface area contributed by atoms with E-state index in [4.69, 9.17) is 32.7 Å². The molecule has 0 aliphatic rings. The second-order valence-corrected chi connectivity index (χ2v) is 5.03. The fraction of sp³-hybridized carbons (Fsp3) is 0.200. The predicted octanol–water partition coefficient (Wildman–Crippen LogP) is 4.09. The fourth-order valence-corrected chi connectivity index (χ4v) is 2.33. The van der Waals surface area contributed by atoms with Crippen molar-refractivity contribution in [3.05, 3.63) is 57.6 Å². The van der Waals surface area contributed by atoms with E-state index in [1.165, 1.54) is 0 Å². The van der Waals surface area contributed by atoms with Crippen LogP contribution in [0.3, 0.4) is 0 Å². The van der Waals surface area contributed by atoms with E-state index in [1.54, 1.807) is 50.6 Å². The Morgan fingerprint density at radius 3 is 2.30 bits per heavy atom. The van der Waals surface area contributed by atoms with Gasteiger partial charge in [-0.1, -0.05) is 29.3 Å². The van der Waals surface area contributed by atoms with Gasteiger partial charge in [0.15, 0.2) is 11.5 Å². The van der Waals surface area contributed by atoms with Crippen molar-refractivity contribution in [2.45, 2.75) is 6.10 Å². The molecule has 0 amide bonds. The Balaban J connectivity index is 2.42. The quantitative estimate of drug-likeness (QED) is 0.924. The van der Waals surface area contributed by atoms with E-state index in [9.17, 15) is 5.11 Å². The smallest absolute Gasteiger partial charge is 0.161 e. The molecule has 0 spiro atoms. The van der Waals surface area contributed by atoms with Crippen molar-refractivity contribution < 1.29 is 14.6 Å². The molecule has 0 saturated heterocycles. The predicted molar refractivity (Wildman–Crippen MR) is 80.1 cm³/mol. The zero-order valence-electron chi connectivity index (χ0n) is 11.1. The summed E-state index contributed by atoms with van der Waals surface area (Å²) < 4.78 is 10.4. The molecule has 2 rings (SSSR count). The summed E-state index contributed by atoms with van der Waals surface area (Å²) in [6, 6.07) is 10.2. The van der Waals surface area contributed by atoms with Gasteiger partial charge >= 0.3 is 0 Å². The number of aliphatic hydroxyl groups is 1. The minimum absolute atomic E-state index is 0.455. The largest absolute Gasteiger partial charge is 0.493 e. The van der Waals surface area contributed by atoms with Gasteiger partial charge in [0.05, 0.1) is 14.2 Å². The van der Waals surface area contributed by atoms with E-state index < -0.39 is 6.10 Å². The molecular weight excluding hydrogens is 299 g/mol. The van der Waals surface area contributed by atoms with E-state index in [2.05, 4.69) is 0 Å². The third kappa shape index (κ3) is 3.01. The molecule has 0 bridgehead atoms. The van der Waals surface area contributed by atoms with E-state index in [-0.39, 0.29) is 0 Å². The number of methoxy groups -OCH3 is 2. The van der Waals surface area contributed by atoms with Crippen LogP contribution >= 0.6 is 23.2 Å². The summed E-state index contributed by atoms with van der Waals surface area (Å²) in [5.41, 5.74) is 1.19. The van der Waals surface area contributed by atoms with Crippen LogP contribution in [0.15, 0.2) is 36.4 Å². The first-order valence-electron chi connectivity index (χ1n) is 5.91. The molecule has 1 atom stereocenters. The van der Waals surface area contributed by atoms with Gasteiger partial charge in [0.2, 0.25) is 0 Å². The van der Waals surface area contributed by atoms with E-state index in [0.29, 0.717) is 32.7 Å². The molecule has 0 radical (unpaired) electrons. The first kappa shape index (κ1) is 15.0. The maximum absolute atomic E-state index is 10.4. The third-order valence-electron chi connectivity index (χ3n) is 2.98. The number of hydrogen-bond acceptors (Lipinski definition) is 3. The van der Waals surface area contributed by atoms with Crippen molar-refractivity contribution in [2.24, 2.45) is 0 Å². The van der Waals surface area contributed by atoms with Crippen LogP contribution in [0.1, 0.15) is 17.2 Å². The highest BCUT2D eigenvalue weighted by Crippen LogP contribution is 2.35. The maximum Gasteiger partial charge on any atom is 0.161 e. The second-order valence-electron chi connectivity index (χ2n) is 4.18. The lowest BCUT2D eigenvalue weighted by molar-refractivity contribution is 0.219. The van der Waals surface area contributed by atoms with Crippen LogP contribution in [0.25, 0.3) is 0 Å². The third-order valence-corrected chi connectivity index (χ3v) is 3.56. The lowest BCUT2D eigenvalue weighted by Gasteiger charge is -2.16. The summed E-state index contributed by atoms with van der Waals surface area (Å²) in [6.45, 7) is 0. The normalized spacial score (nSPS) is 12.1. The summed E-state index contributed by atoms with van der Waals surface area (Å²) >= 11 is 12.0. The maximum atomic E-state index is 10.4. The molecule has 1 unspecified atom stereocenters. The molecule has 3 nitrogen and oxygen atoms in total. The zero-order chi connectivity index (χ0) is 14.7. The van der Waals surface area contributed by atoms with Crippen molar-refractivity contribution in [1.29, 1.82) is 0 Å². The molecule has 1 N–H and O–H groups in total. The second kappa shape index (κ2) is 6.35. The molecule has 0 aliphatic heterocycles. The SMILES string of the molecule is COc1ccc(C(O)c2cc(Cl)ccc2Cl)cc1OC. The van der Waals surface area contributed by atoms with Gasteiger partial charge in [-0.05, 0) is 35.9 Å². The monoisotopic (exact) mass is 312 g/mol. The van der Waals surface area contributed by atoms with Gasteiger partial charge in [-0.2, -0.15) is 0 Å². The van der Waals surface area contributed by atoms with Crippen molar-refractivity contribution in [3.8, 4) is 11.5 Å². The molecule has 0 saturated carbocycles. The molecule has 0 aromatic heterocycles. The highest BCUT2D eigenvalue weighted by atomic mass is 35.5. The zero-order valence-corrected chi connectivity index (χ0v) is 12.6. The topological polar surface area (TPSA) is 38.7 Å². The highest BCUT2D eigenvalue weighted by Gasteiger charge is 2.16. The summed E-state index contributed by atoms with van der Waals surface area (Å²) in [7, 11) is 3.10. The molecule has 0 heterocycles. The fourth-order valence-electron chi connectivity index (χ4n) is 1.93. The number of benzene rings is 2. The average molecular weight is 313 g/mol. The Hall–Kier alpha value is -1.42. The molecule has 20 heavy (non-hydrogen) atoms. The van der Waals surface area contributed by atoms with Gasteiger partial charge in [0.25, 0.3) is 0 Å². The summed E-state index contributed by atoms with van der Waals surface area (Å²) in [4.78, 5) is 0. The van der Waals surface area contributed by atoms with Crippen LogP contribution in [0.4, 0.5) is 0 Å². The summed E-state index contributed by atoms with van der Waals surface area (Å²) in [5, 5.41) is 11.4. The molecular formula is C15H14Cl2O3. The van der Waals surface area contributed by atoms with Gasteiger partial charge in [0.1, 0.15) is 6.10 Å². The molecule has 0 aliphatic carbocycles. The van der Waals surface area contributed by atoms with E-state index in [0.717, 1.165) is 0 Å². The Morgan fingerprint density at radius 2 is 1.65 bits per heavy atom. The Bertz CT molecular complexity index is 614. The van der Waals surface area contributed by atoms with Gasteiger partial charge in [-0.3, -0.25) is 0 Å². The summed E-state index contributed by atoms with van der Waals surface area (Å²) in [6.07, 6.45) is -0.888. The van der Waals surface area contributed by atoms with Crippen LogP contribution in [0.2, 0.25) is 10.0 Å². The van der Waals surface area contributed by atoms with Gasteiger partial charge in [-0.15, -0.1) is 0 Å². The van der Waals surface area contributed by atoms with Gasteiger partial charge < -0.3 is 14.6 Å². The number of aliphatic hydroxyl groups excluding tert-OH is 1. The number of rotatable bonds is 4. The number of halogens is 2. The lowest BCUT2D eigenvalue weighted by atomic mass is 10.0. The van der Waals surface area contributed by atoms with Crippen molar-refractivity contribution in [1.82, 2.24) is 0 Å². The minimum Gasteiger partial charge on any atom is -0.493 e. The van der Waals surface area contributed by atoms with Crippen molar-refractivity contribution in [2.75, 3.05) is 14.2 Å². The number of ether oxygens (including phenoxy) is 2. The van der Waals surface area contributed by atoms with Crippen molar-refractivity contribution >= 4 is 23.2 Å². The molecule has 106 valence electrons. The number of hydrogen-bond donors (Lipinski definition) is 1. The van der Waals surface area contributed by atoms with Gasteiger partial charge in [0, 0.05) is 15.6 Å². The van der Waals surface area contributed by atoms with Crippen LogP contribution < -0.4 is 9.47 Å². The molecule has 2 aromatic carbocycles. The molecule has 0 fully saturated rings. The standard InChI is InChI=1S/C15H14Cl2O3/c1-19-13-6-3-9(7-14(13)20-2)15(18)11-8-10(16)4-5-12(11)17/h3-8,15,18H,1-2H3. The first-order valence-corrected chi connectivity index (χ1v) is 6.67. The van der Waals surface area contributed by atoms with Gasteiger partial charge in [-0.25, -0.2) is 0 Å². The van der Waals surface area contributed by atoms with Crippen LogP contribution in [0, 0.1) is 0 Å². The van der Waals surface area contributed by atoms with Crippen LogP contribution in [-0.4, -0.2) is 19.3 Å². The Kier molecular flexibility index (Phi) is 4.76. The summed E-state index contributed by atoms with van der Waals surface area (Å²) in [5.74, 6) is 1.14. The molecule has 5 heteroatoms. The Labute approximate surface area is 127 Å². The highest BCUT2D eigenvalue weighted by molar-refractivity contribution is 6.33. The van der Waals surface area contributed by atoms with E-state index >= 15 is 0 Å².